The Kier molecular flexibility index (Phi) is 3.69. The van der Waals surface area contributed by atoms with E-state index in [0.29, 0.717) is 0 Å². The largest absolute Gasteiger partial charge is 0.480 e. The zero-order valence-electron chi connectivity index (χ0n) is 8.12. The Balaban J connectivity index is 2.23. The van der Waals surface area contributed by atoms with Gasteiger partial charge in [0.25, 0.3) is 0 Å². The van der Waals surface area contributed by atoms with Crippen LogP contribution in [0.4, 0.5) is 0 Å². The van der Waals surface area contributed by atoms with Crippen molar-refractivity contribution < 1.29 is 14.6 Å². The van der Waals surface area contributed by atoms with Crippen molar-refractivity contribution in [2.45, 2.75) is 12.5 Å². The number of likely N-dealkylation sites (tertiary alicyclic amines) is 1. The maximum atomic E-state index is 10.3. The maximum Gasteiger partial charge on any atom is 0.329 e. The quantitative estimate of drug-likeness (QED) is 0.807. The van der Waals surface area contributed by atoms with Crippen molar-refractivity contribution in [1.82, 2.24) is 4.90 Å². The summed E-state index contributed by atoms with van der Waals surface area (Å²) in [5, 5.41) is 8.45. The smallest absolute Gasteiger partial charge is 0.329 e. The molecule has 0 aromatic rings. The monoisotopic (exact) mass is 263 g/mol. The van der Waals surface area contributed by atoms with Gasteiger partial charge < -0.3 is 9.84 Å². The van der Waals surface area contributed by atoms with Gasteiger partial charge in [-0.25, -0.2) is 4.79 Å². The fourth-order valence-electron chi connectivity index (χ4n) is 1.58. The summed E-state index contributed by atoms with van der Waals surface area (Å²) < 4.78 is 6.18. The highest BCUT2D eigenvalue weighted by Crippen LogP contribution is 2.25. The molecular weight excluding hydrogens is 250 g/mol. The number of halogens is 1. The zero-order chi connectivity index (χ0) is 10.8. The number of hydrogen-bond acceptors (Lipinski definition) is 3. The summed E-state index contributed by atoms with van der Waals surface area (Å²) in [6, 6.07) is 0. The molecule has 5 heteroatoms. The van der Waals surface area contributed by atoms with Crippen LogP contribution in [0.5, 0.6) is 0 Å². The number of rotatable bonds is 5. The number of carboxylic acid groups (broad SMARTS) is 1. The fourth-order valence-corrected chi connectivity index (χ4v) is 1.94. The first-order valence-electron chi connectivity index (χ1n) is 4.33. The average molecular weight is 264 g/mol. The van der Waals surface area contributed by atoms with Crippen molar-refractivity contribution in [2.75, 3.05) is 26.2 Å². The average Bonchev–Trinajstić information content (AvgIpc) is 1.97. The first-order valence-corrected chi connectivity index (χ1v) is 5.12. The summed E-state index contributed by atoms with van der Waals surface area (Å²) in [6.45, 7) is 7.73. The molecule has 1 saturated heterocycles. The van der Waals surface area contributed by atoms with Crippen molar-refractivity contribution in [3.05, 3.63) is 11.1 Å². The van der Waals surface area contributed by atoms with Gasteiger partial charge in [-0.3, -0.25) is 4.90 Å². The van der Waals surface area contributed by atoms with Crippen molar-refractivity contribution in [2.24, 2.45) is 0 Å². The highest BCUT2D eigenvalue weighted by Gasteiger charge is 2.39. The molecule has 1 fully saturated rings. The Morgan fingerprint density at radius 2 is 2.29 bits per heavy atom. The number of nitrogens with zero attached hydrogens (tertiary/aromatic N) is 1. The zero-order valence-corrected chi connectivity index (χ0v) is 9.71. The van der Waals surface area contributed by atoms with Gasteiger partial charge in [-0.05, 0) is 6.92 Å². The molecule has 0 amide bonds. The van der Waals surface area contributed by atoms with E-state index in [1.165, 1.54) is 0 Å². The molecule has 0 atom stereocenters. The van der Waals surface area contributed by atoms with E-state index in [1.807, 2.05) is 6.92 Å². The van der Waals surface area contributed by atoms with Crippen LogP contribution in [0.3, 0.4) is 0 Å². The van der Waals surface area contributed by atoms with Crippen molar-refractivity contribution in [3.63, 3.8) is 0 Å². The SMILES string of the molecule is C=C(Br)CN1CC(C)(OCC(=O)O)C1. The lowest BCUT2D eigenvalue weighted by atomic mass is 9.96. The summed E-state index contributed by atoms with van der Waals surface area (Å²) in [4.78, 5) is 12.4. The minimum atomic E-state index is -0.922. The first-order chi connectivity index (χ1) is 6.41. The van der Waals surface area contributed by atoms with Crippen LogP contribution in [-0.2, 0) is 9.53 Å². The van der Waals surface area contributed by atoms with E-state index >= 15 is 0 Å². The minimum absolute atomic E-state index is 0.223. The summed E-state index contributed by atoms with van der Waals surface area (Å²) in [5.74, 6) is -0.922. The van der Waals surface area contributed by atoms with Gasteiger partial charge in [0.05, 0.1) is 5.60 Å². The predicted octanol–water partition coefficient (Wildman–Crippen LogP) is 1.07. The molecule has 1 heterocycles. The van der Waals surface area contributed by atoms with Crippen LogP contribution >= 0.6 is 15.9 Å². The van der Waals surface area contributed by atoms with Crippen LogP contribution in [0.25, 0.3) is 0 Å². The molecule has 0 aliphatic carbocycles. The number of ether oxygens (including phenoxy) is 1. The molecule has 1 aliphatic rings. The van der Waals surface area contributed by atoms with Gasteiger partial charge in [0.15, 0.2) is 0 Å². The second-order valence-electron chi connectivity index (χ2n) is 3.79. The minimum Gasteiger partial charge on any atom is -0.480 e. The third-order valence-corrected chi connectivity index (χ3v) is 2.31. The van der Waals surface area contributed by atoms with Crippen molar-refractivity contribution in [1.29, 1.82) is 0 Å². The van der Waals surface area contributed by atoms with Gasteiger partial charge >= 0.3 is 5.97 Å². The standard InChI is InChI=1S/C9H14BrNO3/c1-7(10)3-11-5-9(2,6-11)14-4-8(12)13/h1,3-6H2,2H3,(H,12,13). The van der Waals surface area contributed by atoms with E-state index in [9.17, 15) is 4.79 Å². The van der Waals surface area contributed by atoms with Gasteiger partial charge in [-0.1, -0.05) is 22.5 Å². The number of hydrogen-bond donors (Lipinski definition) is 1. The van der Waals surface area contributed by atoms with E-state index in [-0.39, 0.29) is 12.2 Å². The molecule has 0 bridgehead atoms. The topological polar surface area (TPSA) is 49.8 Å². The van der Waals surface area contributed by atoms with Gasteiger partial charge in [-0.2, -0.15) is 0 Å². The molecule has 1 N–H and O–H groups in total. The van der Waals surface area contributed by atoms with Gasteiger partial charge in [0, 0.05) is 24.1 Å². The number of carboxylic acids is 1. The highest BCUT2D eigenvalue weighted by atomic mass is 79.9. The van der Waals surface area contributed by atoms with Crippen molar-refractivity contribution in [3.8, 4) is 0 Å². The van der Waals surface area contributed by atoms with E-state index in [1.54, 1.807) is 0 Å². The summed E-state index contributed by atoms with van der Waals surface area (Å²) >= 11 is 3.28. The molecule has 14 heavy (non-hydrogen) atoms. The molecular formula is C9H14BrNO3. The molecule has 0 unspecified atom stereocenters. The van der Waals surface area contributed by atoms with E-state index < -0.39 is 5.97 Å². The van der Waals surface area contributed by atoms with Gasteiger partial charge in [0.2, 0.25) is 0 Å². The van der Waals surface area contributed by atoms with Gasteiger partial charge in [-0.15, -0.1) is 0 Å². The molecule has 1 rings (SSSR count). The molecule has 4 nitrogen and oxygen atoms in total. The Morgan fingerprint density at radius 3 is 2.71 bits per heavy atom. The summed E-state index contributed by atoms with van der Waals surface area (Å²) in [6.07, 6.45) is 0. The van der Waals surface area contributed by atoms with Crippen LogP contribution < -0.4 is 0 Å². The Labute approximate surface area is 91.7 Å². The fraction of sp³-hybridized carbons (Fsp3) is 0.667. The molecule has 0 aromatic carbocycles. The molecule has 80 valence electrons. The second-order valence-corrected chi connectivity index (χ2v) is 4.92. The lowest BCUT2D eigenvalue weighted by Crippen LogP contribution is -2.61. The lowest BCUT2D eigenvalue weighted by molar-refractivity contribution is -0.163. The Morgan fingerprint density at radius 1 is 1.71 bits per heavy atom. The summed E-state index contributed by atoms with van der Waals surface area (Å²) in [5.41, 5.74) is -0.305. The van der Waals surface area contributed by atoms with E-state index in [0.717, 1.165) is 24.1 Å². The first kappa shape index (κ1) is 11.7. The van der Waals surface area contributed by atoms with E-state index in [2.05, 4.69) is 27.4 Å². The number of aliphatic carboxylic acids is 1. The third-order valence-electron chi connectivity index (χ3n) is 2.06. The van der Waals surface area contributed by atoms with Crippen LogP contribution in [0, 0.1) is 0 Å². The normalized spacial score (nSPS) is 20.1. The Bertz CT molecular complexity index is 248. The van der Waals surface area contributed by atoms with Crippen LogP contribution in [0.15, 0.2) is 11.1 Å². The van der Waals surface area contributed by atoms with Crippen LogP contribution in [0.2, 0.25) is 0 Å². The Hall–Kier alpha value is -0.390. The van der Waals surface area contributed by atoms with Crippen LogP contribution in [0.1, 0.15) is 6.92 Å². The maximum absolute atomic E-state index is 10.3. The molecule has 0 aromatic heterocycles. The predicted molar refractivity (Wildman–Crippen MR) is 56.5 cm³/mol. The van der Waals surface area contributed by atoms with E-state index in [4.69, 9.17) is 9.84 Å². The third kappa shape index (κ3) is 3.40. The lowest BCUT2D eigenvalue weighted by Gasteiger charge is -2.47. The molecule has 0 radical (unpaired) electrons. The molecule has 0 spiro atoms. The van der Waals surface area contributed by atoms with Crippen LogP contribution in [-0.4, -0.2) is 47.8 Å². The molecule has 0 saturated carbocycles. The van der Waals surface area contributed by atoms with Gasteiger partial charge in [0.1, 0.15) is 6.61 Å². The second kappa shape index (κ2) is 4.42. The molecule has 1 aliphatic heterocycles. The summed E-state index contributed by atoms with van der Waals surface area (Å²) in [7, 11) is 0. The van der Waals surface area contributed by atoms with Crippen molar-refractivity contribution >= 4 is 21.9 Å². The number of carbonyl (C=O) groups is 1. The highest BCUT2D eigenvalue weighted by molar-refractivity contribution is 9.11.